The average molecular weight is 393 g/mol. The smallest absolute Gasteiger partial charge is 0.226 e. The lowest BCUT2D eigenvalue weighted by Gasteiger charge is -2.23. The summed E-state index contributed by atoms with van der Waals surface area (Å²) in [5.74, 6) is 2.49. The zero-order chi connectivity index (χ0) is 19.6. The second-order valence-corrected chi connectivity index (χ2v) is 6.81. The van der Waals surface area contributed by atoms with Crippen molar-refractivity contribution in [2.45, 2.75) is 50.5 Å². The number of aromatic nitrogens is 3. The minimum Gasteiger partial charge on any atom is -0.392 e. The van der Waals surface area contributed by atoms with Crippen LogP contribution < -0.4 is 5.32 Å². The Morgan fingerprint density at radius 1 is 1.59 bits per heavy atom. The van der Waals surface area contributed by atoms with Crippen LogP contribution in [0.25, 0.3) is 11.0 Å². The van der Waals surface area contributed by atoms with E-state index in [1.54, 1.807) is 16.8 Å². The zero-order valence-corrected chi connectivity index (χ0v) is 15.6. The van der Waals surface area contributed by atoms with Crippen LogP contribution in [0.3, 0.4) is 0 Å². The van der Waals surface area contributed by atoms with Crippen LogP contribution in [-0.4, -0.2) is 49.0 Å². The Hall–Kier alpha value is -2.18. The van der Waals surface area contributed by atoms with Gasteiger partial charge in [0, 0.05) is 19.0 Å². The number of carbonyl (C=O) groups is 1. The van der Waals surface area contributed by atoms with Crippen molar-refractivity contribution in [3.8, 4) is 12.3 Å². The number of hydrogen-bond acceptors (Lipinski definition) is 6. The molecule has 0 aliphatic carbocycles. The van der Waals surface area contributed by atoms with Gasteiger partial charge in [-0.1, -0.05) is 19.3 Å². The Balaban J connectivity index is 1.94. The number of unbranched alkanes of at least 4 members (excludes halogenated alkanes) is 1. The van der Waals surface area contributed by atoms with E-state index in [0.29, 0.717) is 23.3 Å². The van der Waals surface area contributed by atoms with Crippen LogP contribution in [0.4, 0.5) is 5.82 Å². The number of nitrogens with zero attached hydrogens (tertiary/aromatic N) is 3. The Kier molecular flexibility index (Phi) is 5.67. The van der Waals surface area contributed by atoms with Gasteiger partial charge in [-0.25, -0.2) is 0 Å². The van der Waals surface area contributed by atoms with Crippen molar-refractivity contribution in [1.82, 2.24) is 14.5 Å². The molecule has 3 atom stereocenters. The van der Waals surface area contributed by atoms with Gasteiger partial charge in [0.25, 0.3) is 0 Å². The summed E-state index contributed by atoms with van der Waals surface area (Å²) in [4.78, 5) is 20.4. The molecule has 0 bridgehead atoms. The first-order valence-electron chi connectivity index (χ1n) is 8.72. The highest BCUT2D eigenvalue weighted by Crippen LogP contribution is 2.38. The Morgan fingerprint density at radius 3 is 3.00 bits per heavy atom. The molecule has 144 valence electrons. The van der Waals surface area contributed by atoms with Crippen molar-refractivity contribution in [2.75, 3.05) is 11.9 Å². The predicted octanol–water partition coefficient (Wildman–Crippen LogP) is 1.86. The Bertz CT molecular complexity index is 893. The predicted molar refractivity (Wildman–Crippen MR) is 100 cm³/mol. The van der Waals surface area contributed by atoms with E-state index >= 15 is 0 Å². The van der Waals surface area contributed by atoms with Crippen molar-refractivity contribution < 1.29 is 19.7 Å². The number of ether oxygens (including phenoxy) is 1. The maximum Gasteiger partial charge on any atom is 0.226 e. The van der Waals surface area contributed by atoms with E-state index in [0.717, 1.165) is 12.8 Å². The van der Waals surface area contributed by atoms with E-state index in [1.807, 2.05) is 6.92 Å². The molecule has 3 N–H and O–H groups in total. The number of aliphatic hydroxyl groups excluding tert-OH is 2. The molecule has 1 amide bonds. The minimum absolute atomic E-state index is 0.0304. The molecule has 2 aromatic heterocycles. The molecule has 0 saturated carbocycles. The van der Waals surface area contributed by atoms with E-state index in [1.165, 1.54) is 0 Å². The fourth-order valence-electron chi connectivity index (χ4n) is 3.11. The van der Waals surface area contributed by atoms with Gasteiger partial charge in [-0.15, -0.1) is 6.42 Å². The van der Waals surface area contributed by atoms with Crippen LogP contribution >= 0.6 is 11.6 Å². The summed E-state index contributed by atoms with van der Waals surface area (Å²) in [7, 11) is 0. The summed E-state index contributed by atoms with van der Waals surface area (Å²) < 4.78 is 7.42. The molecule has 0 radical (unpaired) electrons. The molecule has 0 spiro atoms. The second-order valence-electron chi connectivity index (χ2n) is 6.47. The van der Waals surface area contributed by atoms with E-state index in [2.05, 4.69) is 21.2 Å². The van der Waals surface area contributed by atoms with Crippen molar-refractivity contribution in [3.05, 3.63) is 17.5 Å². The summed E-state index contributed by atoms with van der Waals surface area (Å²) in [5.41, 5.74) is -1.03. The van der Waals surface area contributed by atoms with Crippen LogP contribution in [0.1, 0.15) is 38.8 Å². The first-order chi connectivity index (χ1) is 12.9. The normalized spacial score (nSPS) is 24.9. The highest BCUT2D eigenvalue weighted by atomic mass is 35.5. The molecule has 3 heterocycles. The average Bonchev–Trinajstić information content (AvgIpc) is 3.21. The molecule has 0 unspecified atom stereocenters. The number of halogens is 1. The van der Waals surface area contributed by atoms with Gasteiger partial charge in [0.1, 0.15) is 23.8 Å². The van der Waals surface area contributed by atoms with Crippen LogP contribution in [-0.2, 0) is 9.53 Å². The molecule has 9 heteroatoms. The SMILES string of the molecule is C#C[C@]1(CO)O[C@@H](n2ccc3c(NC(=O)CCCC)nc(Cl)nc32)C[C@@H]1O. The fourth-order valence-corrected chi connectivity index (χ4v) is 3.27. The summed E-state index contributed by atoms with van der Waals surface area (Å²) in [6, 6.07) is 1.73. The lowest BCUT2D eigenvalue weighted by atomic mass is 9.99. The molecule has 3 rings (SSSR count). The summed E-state index contributed by atoms with van der Waals surface area (Å²) in [5, 5.41) is 23.1. The van der Waals surface area contributed by atoms with Gasteiger partial charge < -0.3 is 24.8 Å². The number of carbonyl (C=O) groups excluding carboxylic acids is 1. The van der Waals surface area contributed by atoms with Crippen LogP contribution in [0.2, 0.25) is 5.28 Å². The Morgan fingerprint density at radius 2 is 2.37 bits per heavy atom. The number of aliphatic hydroxyl groups is 2. The van der Waals surface area contributed by atoms with Gasteiger partial charge >= 0.3 is 0 Å². The highest BCUT2D eigenvalue weighted by Gasteiger charge is 2.47. The van der Waals surface area contributed by atoms with Gasteiger partial charge in [-0.3, -0.25) is 4.79 Å². The van der Waals surface area contributed by atoms with Gasteiger partial charge in [0.05, 0.1) is 12.0 Å². The standard InChI is InChI=1S/C18H21ClN4O4/c1-3-5-6-13(26)20-15-11-7-8-23(16(11)22-17(19)21-15)14-9-12(25)18(4-2,10-24)27-14/h2,7-8,12,14,24-25H,3,5-6,9-10H2,1H3,(H,20,21,22,26)/t12-,14+,18+/m0/s1. The molecule has 8 nitrogen and oxygen atoms in total. The molecular formula is C18H21ClN4O4. The summed E-state index contributed by atoms with van der Waals surface area (Å²) >= 11 is 6.04. The molecule has 1 aliphatic heterocycles. The van der Waals surface area contributed by atoms with Gasteiger partial charge in [0.15, 0.2) is 5.60 Å². The number of fused-ring (bicyclic) bond motifs is 1. The third-order valence-electron chi connectivity index (χ3n) is 4.66. The Labute approximate surface area is 161 Å². The first-order valence-corrected chi connectivity index (χ1v) is 9.10. The maximum atomic E-state index is 12.1. The topological polar surface area (TPSA) is 110 Å². The number of amides is 1. The quantitative estimate of drug-likeness (QED) is 0.511. The van der Waals surface area contributed by atoms with Crippen molar-refractivity contribution in [2.24, 2.45) is 0 Å². The van der Waals surface area contributed by atoms with E-state index in [-0.39, 0.29) is 17.6 Å². The zero-order valence-electron chi connectivity index (χ0n) is 14.9. The number of nitrogens with one attached hydrogen (secondary N) is 1. The van der Waals surface area contributed by atoms with Gasteiger partial charge in [-0.05, 0) is 24.1 Å². The van der Waals surface area contributed by atoms with Crippen LogP contribution in [0.5, 0.6) is 0 Å². The van der Waals surface area contributed by atoms with Crippen molar-refractivity contribution >= 4 is 34.4 Å². The van der Waals surface area contributed by atoms with Crippen LogP contribution in [0.15, 0.2) is 12.3 Å². The molecule has 0 aromatic carbocycles. The molecule has 1 fully saturated rings. The number of rotatable bonds is 6. The largest absolute Gasteiger partial charge is 0.392 e. The third-order valence-corrected chi connectivity index (χ3v) is 4.83. The van der Waals surface area contributed by atoms with Crippen molar-refractivity contribution in [1.29, 1.82) is 0 Å². The molecular weight excluding hydrogens is 372 g/mol. The molecule has 1 aliphatic rings. The lowest BCUT2D eigenvalue weighted by Crippen LogP contribution is -2.41. The van der Waals surface area contributed by atoms with E-state index in [4.69, 9.17) is 22.8 Å². The monoisotopic (exact) mass is 392 g/mol. The highest BCUT2D eigenvalue weighted by molar-refractivity contribution is 6.28. The third kappa shape index (κ3) is 3.64. The summed E-state index contributed by atoms with van der Waals surface area (Å²) in [6.07, 6.45) is 7.71. The maximum absolute atomic E-state index is 12.1. The summed E-state index contributed by atoms with van der Waals surface area (Å²) in [6.45, 7) is 1.50. The molecule has 1 saturated heterocycles. The number of anilines is 1. The van der Waals surface area contributed by atoms with Crippen molar-refractivity contribution in [3.63, 3.8) is 0 Å². The lowest BCUT2D eigenvalue weighted by molar-refractivity contribution is -0.116. The fraction of sp³-hybridized carbons (Fsp3) is 0.500. The molecule has 2 aromatic rings. The van der Waals surface area contributed by atoms with E-state index < -0.39 is 24.5 Å². The second kappa shape index (κ2) is 7.82. The first kappa shape index (κ1) is 19.6. The number of terminal acetylenes is 1. The number of hydrogen-bond donors (Lipinski definition) is 3. The molecule has 27 heavy (non-hydrogen) atoms. The minimum atomic E-state index is -1.46. The van der Waals surface area contributed by atoms with Gasteiger partial charge in [-0.2, -0.15) is 9.97 Å². The van der Waals surface area contributed by atoms with Crippen LogP contribution in [0, 0.1) is 12.3 Å². The van der Waals surface area contributed by atoms with Gasteiger partial charge in [0.2, 0.25) is 11.2 Å². The van der Waals surface area contributed by atoms with E-state index in [9.17, 15) is 15.0 Å².